The van der Waals surface area contributed by atoms with Crippen LogP contribution in [0.2, 0.25) is 0 Å². The quantitative estimate of drug-likeness (QED) is 0.790. The second-order valence-corrected chi connectivity index (χ2v) is 4.55. The normalized spacial score (nSPS) is 10.3. The third-order valence-electron chi connectivity index (χ3n) is 3.10. The van der Waals surface area contributed by atoms with Crippen LogP contribution < -0.4 is 9.47 Å². The minimum atomic E-state index is 0.820. The van der Waals surface area contributed by atoms with Crippen molar-refractivity contribution in [3.63, 3.8) is 0 Å². The molecule has 0 heterocycles. The van der Waals surface area contributed by atoms with Gasteiger partial charge in [-0.2, -0.15) is 0 Å². The van der Waals surface area contributed by atoms with Crippen LogP contribution in [0.25, 0.3) is 0 Å². The predicted octanol–water partition coefficient (Wildman–Crippen LogP) is 4.68. The maximum Gasteiger partial charge on any atom is 0.133 e. The van der Waals surface area contributed by atoms with E-state index in [1.807, 2.05) is 31.2 Å². The Morgan fingerprint density at radius 3 is 1.89 bits per heavy atom. The summed E-state index contributed by atoms with van der Waals surface area (Å²) < 4.78 is 11.1. The van der Waals surface area contributed by atoms with Gasteiger partial charge in [-0.1, -0.05) is 19.1 Å². The zero-order valence-electron chi connectivity index (χ0n) is 11.9. The van der Waals surface area contributed by atoms with Crippen LogP contribution in [-0.2, 0) is 0 Å². The van der Waals surface area contributed by atoms with Crippen LogP contribution in [0.15, 0.2) is 36.4 Å². The summed E-state index contributed by atoms with van der Waals surface area (Å²) in [5.41, 5.74) is 3.50. The molecule has 0 saturated heterocycles. The van der Waals surface area contributed by atoms with Gasteiger partial charge in [-0.25, -0.2) is 0 Å². The number of ether oxygens (including phenoxy) is 2. The van der Waals surface area contributed by atoms with E-state index in [9.17, 15) is 0 Å². The summed E-state index contributed by atoms with van der Waals surface area (Å²) in [5.74, 6) is 2.58. The number of benzene rings is 2. The second-order valence-electron chi connectivity index (χ2n) is 4.55. The van der Waals surface area contributed by atoms with E-state index < -0.39 is 0 Å². The molecule has 99 valence electrons. The molecule has 0 N–H and O–H groups in total. The van der Waals surface area contributed by atoms with Gasteiger partial charge in [0.1, 0.15) is 17.2 Å². The van der Waals surface area contributed by atoms with E-state index in [0.717, 1.165) is 28.4 Å². The molecule has 0 aliphatic heterocycles. The molecule has 2 aromatic carbocycles. The first kappa shape index (κ1) is 13.5. The average molecular weight is 255 g/mol. The molecule has 2 heteroatoms. The SMILES string of the molecule is C[CH]c1cc(C)c(Oc2ccc(OC)cc2)c(C)c1. The molecule has 0 unspecified atom stereocenters. The Balaban J connectivity index is 2.27. The Morgan fingerprint density at radius 1 is 0.895 bits per heavy atom. The minimum absolute atomic E-state index is 0.820. The highest BCUT2D eigenvalue weighted by molar-refractivity contribution is 5.47. The minimum Gasteiger partial charge on any atom is -0.497 e. The number of hydrogen-bond acceptors (Lipinski definition) is 2. The number of methoxy groups -OCH3 is 1. The van der Waals surface area contributed by atoms with Gasteiger partial charge >= 0.3 is 0 Å². The molecule has 0 aromatic heterocycles. The Bertz CT molecular complexity index is 533. The standard InChI is InChI=1S/C17H19O2/c1-5-14-10-12(2)17(13(3)11-14)19-16-8-6-15(18-4)7-9-16/h5-11H,1-4H3. The second kappa shape index (κ2) is 5.79. The van der Waals surface area contributed by atoms with Crippen molar-refractivity contribution in [2.75, 3.05) is 7.11 Å². The monoisotopic (exact) mass is 255 g/mol. The first-order valence-corrected chi connectivity index (χ1v) is 6.36. The zero-order chi connectivity index (χ0) is 13.8. The highest BCUT2D eigenvalue weighted by atomic mass is 16.5. The van der Waals surface area contributed by atoms with E-state index in [1.165, 1.54) is 5.56 Å². The number of hydrogen-bond donors (Lipinski definition) is 0. The van der Waals surface area contributed by atoms with E-state index >= 15 is 0 Å². The summed E-state index contributed by atoms with van der Waals surface area (Å²) in [5, 5.41) is 0. The van der Waals surface area contributed by atoms with Crippen molar-refractivity contribution in [2.45, 2.75) is 20.8 Å². The summed E-state index contributed by atoms with van der Waals surface area (Å²) in [6, 6.07) is 11.9. The molecule has 0 saturated carbocycles. The maximum absolute atomic E-state index is 5.97. The van der Waals surface area contributed by atoms with Crippen molar-refractivity contribution >= 4 is 0 Å². The lowest BCUT2D eigenvalue weighted by molar-refractivity contribution is 0.412. The van der Waals surface area contributed by atoms with Crippen molar-refractivity contribution in [3.8, 4) is 17.2 Å². The predicted molar refractivity (Wildman–Crippen MR) is 78.1 cm³/mol. The molecule has 0 bridgehead atoms. The van der Waals surface area contributed by atoms with E-state index in [1.54, 1.807) is 7.11 Å². The summed E-state index contributed by atoms with van der Waals surface area (Å²) in [6.45, 7) is 6.18. The van der Waals surface area contributed by atoms with Gasteiger partial charge in [0.15, 0.2) is 0 Å². The topological polar surface area (TPSA) is 18.5 Å². The van der Waals surface area contributed by atoms with E-state index in [-0.39, 0.29) is 0 Å². The molecule has 19 heavy (non-hydrogen) atoms. The van der Waals surface area contributed by atoms with Crippen LogP contribution in [-0.4, -0.2) is 7.11 Å². The third kappa shape index (κ3) is 3.08. The van der Waals surface area contributed by atoms with Gasteiger partial charge in [0, 0.05) is 0 Å². The third-order valence-corrected chi connectivity index (χ3v) is 3.10. The van der Waals surface area contributed by atoms with Crippen LogP contribution in [0.4, 0.5) is 0 Å². The van der Waals surface area contributed by atoms with Gasteiger partial charge < -0.3 is 9.47 Å². The number of aryl methyl sites for hydroxylation is 2. The lowest BCUT2D eigenvalue weighted by Gasteiger charge is -2.13. The highest BCUT2D eigenvalue weighted by Gasteiger charge is 2.07. The maximum atomic E-state index is 5.97. The van der Waals surface area contributed by atoms with Gasteiger partial charge in [-0.05, 0) is 61.2 Å². The van der Waals surface area contributed by atoms with Gasteiger partial charge in [-0.15, -0.1) is 0 Å². The first-order valence-electron chi connectivity index (χ1n) is 6.36. The van der Waals surface area contributed by atoms with Gasteiger partial charge in [0.25, 0.3) is 0 Å². The summed E-state index contributed by atoms with van der Waals surface area (Å²) >= 11 is 0. The summed E-state index contributed by atoms with van der Waals surface area (Å²) in [4.78, 5) is 0. The fraction of sp³-hybridized carbons (Fsp3) is 0.235. The molecular formula is C17H19O2. The largest absolute Gasteiger partial charge is 0.497 e. The van der Waals surface area contributed by atoms with E-state index in [4.69, 9.17) is 9.47 Å². The lowest BCUT2D eigenvalue weighted by Crippen LogP contribution is -1.93. The molecule has 0 aliphatic rings. The van der Waals surface area contributed by atoms with E-state index in [0.29, 0.717) is 0 Å². The van der Waals surface area contributed by atoms with Crippen molar-refractivity contribution < 1.29 is 9.47 Å². The molecule has 0 fully saturated rings. The summed E-state index contributed by atoms with van der Waals surface area (Å²) in [7, 11) is 1.66. The molecule has 1 radical (unpaired) electrons. The molecule has 0 atom stereocenters. The van der Waals surface area contributed by atoms with Gasteiger partial charge in [0.2, 0.25) is 0 Å². The molecule has 2 aromatic rings. The van der Waals surface area contributed by atoms with Crippen LogP contribution in [0.5, 0.6) is 17.2 Å². The van der Waals surface area contributed by atoms with Crippen LogP contribution >= 0.6 is 0 Å². The smallest absolute Gasteiger partial charge is 0.133 e. The fourth-order valence-corrected chi connectivity index (χ4v) is 2.07. The van der Waals surface area contributed by atoms with Crippen molar-refractivity contribution in [3.05, 3.63) is 59.5 Å². The van der Waals surface area contributed by atoms with Gasteiger partial charge in [0.05, 0.1) is 7.11 Å². The fourth-order valence-electron chi connectivity index (χ4n) is 2.07. The van der Waals surface area contributed by atoms with Crippen molar-refractivity contribution in [1.82, 2.24) is 0 Å². The van der Waals surface area contributed by atoms with Crippen LogP contribution in [0.3, 0.4) is 0 Å². The lowest BCUT2D eigenvalue weighted by atomic mass is 10.0. The van der Waals surface area contributed by atoms with Crippen molar-refractivity contribution in [2.24, 2.45) is 0 Å². The highest BCUT2D eigenvalue weighted by Crippen LogP contribution is 2.31. The average Bonchev–Trinajstić information content (AvgIpc) is 2.43. The first-order chi connectivity index (χ1) is 9.13. The molecular weight excluding hydrogens is 236 g/mol. The Kier molecular flexibility index (Phi) is 4.10. The molecule has 2 nitrogen and oxygen atoms in total. The molecule has 0 amide bonds. The Labute approximate surface area is 115 Å². The Morgan fingerprint density at radius 2 is 1.42 bits per heavy atom. The van der Waals surface area contributed by atoms with Crippen LogP contribution in [0, 0.1) is 20.3 Å². The van der Waals surface area contributed by atoms with Crippen molar-refractivity contribution in [1.29, 1.82) is 0 Å². The van der Waals surface area contributed by atoms with E-state index in [2.05, 4.69) is 32.4 Å². The molecule has 0 spiro atoms. The van der Waals surface area contributed by atoms with Gasteiger partial charge in [-0.3, -0.25) is 0 Å². The molecule has 2 rings (SSSR count). The number of rotatable bonds is 4. The van der Waals surface area contributed by atoms with Crippen LogP contribution in [0.1, 0.15) is 23.6 Å². The molecule has 0 aliphatic carbocycles. The Hall–Kier alpha value is -1.96. The zero-order valence-corrected chi connectivity index (χ0v) is 11.9. The summed E-state index contributed by atoms with van der Waals surface area (Å²) in [6.07, 6.45) is 2.09.